The third-order valence-electron chi connectivity index (χ3n) is 15.4. The normalized spacial score (nSPS) is 14.0. The molecular weight excluding hydrogens is 845 g/mol. The molecule has 0 spiro atoms. The first-order valence-corrected chi connectivity index (χ1v) is 25.3. The molecule has 340 valence electrons. The molecule has 12 rings (SSSR count). The molecule has 2 nitrogen and oxygen atoms in total. The van der Waals surface area contributed by atoms with Crippen LogP contribution in [0.4, 0.5) is 34.1 Å². The molecule has 0 N–H and O–H groups in total. The molecule has 0 heterocycles. The Balaban J connectivity index is 0.928. The third-order valence-corrected chi connectivity index (χ3v) is 15.4. The van der Waals surface area contributed by atoms with Crippen molar-refractivity contribution in [3.05, 3.63) is 253 Å². The fourth-order valence-electron chi connectivity index (χ4n) is 11.7. The number of hydrogen-bond donors (Lipinski definition) is 0. The number of fused-ring (bicyclic) bond motifs is 4. The first-order valence-electron chi connectivity index (χ1n) is 25.3. The van der Waals surface area contributed by atoms with Crippen molar-refractivity contribution in [2.45, 2.75) is 64.2 Å². The molecule has 2 aliphatic rings. The minimum absolute atomic E-state index is 0.143. The molecule has 0 bridgehead atoms. The molecule has 2 heteroatoms. The summed E-state index contributed by atoms with van der Waals surface area (Å²) < 4.78 is 0. The fourth-order valence-corrected chi connectivity index (χ4v) is 11.7. The molecule has 10 aromatic carbocycles. The second kappa shape index (κ2) is 18.2. The number of hydrogen-bond acceptors (Lipinski definition) is 2. The summed E-state index contributed by atoms with van der Waals surface area (Å²) in [5.41, 5.74) is 22.1. The molecule has 70 heavy (non-hydrogen) atoms. The van der Waals surface area contributed by atoms with Gasteiger partial charge >= 0.3 is 0 Å². The van der Waals surface area contributed by atoms with Gasteiger partial charge in [-0.25, -0.2) is 0 Å². The van der Waals surface area contributed by atoms with Crippen molar-refractivity contribution in [2.75, 3.05) is 9.80 Å². The Morgan fingerprint density at radius 1 is 0.371 bits per heavy atom. The minimum Gasteiger partial charge on any atom is -0.311 e. The van der Waals surface area contributed by atoms with E-state index in [1.54, 1.807) is 0 Å². The zero-order valence-corrected chi connectivity index (χ0v) is 40.4. The summed E-state index contributed by atoms with van der Waals surface area (Å²) in [6.07, 6.45) is 6.66. The van der Waals surface area contributed by atoms with Gasteiger partial charge in [-0.2, -0.15) is 0 Å². The number of benzene rings is 10. The summed E-state index contributed by atoms with van der Waals surface area (Å²) >= 11 is 0. The zero-order valence-electron chi connectivity index (χ0n) is 40.4. The first kappa shape index (κ1) is 43.3. The van der Waals surface area contributed by atoms with Gasteiger partial charge in [0.15, 0.2) is 0 Å². The van der Waals surface area contributed by atoms with Crippen molar-refractivity contribution in [1.82, 2.24) is 0 Å². The Kier molecular flexibility index (Phi) is 11.3. The number of nitrogens with zero attached hydrogens (tertiary/aromatic N) is 2. The Bertz CT molecular complexity index is 3470. The number of rotatable bonds is 10. The van der Waals surface area contributed by atoms with Crippen LogP contribution in [0.2, 0.25) is 0 Å². The Morgan fingerprint density at radius 2 is 0.886 bits per heavy atom. The van der Waals surface area contributed by atoms with Crippen molar-refractivity contribution in [2.24, 2.45) is 0 Å². The summed E-state index contributed by atoms with van der Waals surface area (Å²) in [4.78, 5) is 4.86. The lowest BCUT2D eigenvalue weighted by Crippen LogP contribution is -2.17. The summed E-state index contributed by atoms with van der Waals surface area (Å²) in [5.74, 6) is 0.681. The molecule has 0 unspecified atom stereocenters. The van der Waals surface area contributed by atoms with Crippen molar-refractivity contribution in [3.63, 3.8) is 0 Å². The van der Waals surface area contributed by atoms with Gasteiger partial charge in [-0.3, -0.25) is 0 Å². The number of para-hydroxylation sites is 1. The van der Waals surface area contributed by atoms with E-state index in [1.807, 2.05) is 0 Å². The molecule has 0 amide bonds. The second-order valence-electron chi connectivity index (χ2n) is 20.0. The molecule has 1 saturated carbocycles. The molecule has 1 fully saturated rings. The molecule has 0 aliphatic heterocycles. The second-order valence-corrected chi connectivity index (χ2v) is 20.0. The van der Waals surface area contributed by atoms with E-state index in [0.717, 1.165) is 28.4 Å². The van der Waals surface area contributed by atoms with Gasteiger partial charge in [0.2, 0.25) is 0 Å². The van der Waals surface area contributed by atoms with Gasteiger partial charge < -0.3 is 9.80 Å². The summed E-state index contributed by atoms with van der Waals surface area (Å²) in [6, 6.07) is 85.6. The predicted octanol–water partition coefficient (Wildman–Crippen LogP) is 19.4. The number of anilines is 6. The highest BCUT2D eigenvalue weighted by Gasteiger charge is 2.37. The monoisotopic (exact) mass is 902 g/mol. The van der Waals surface area contributed by atoms with E-state index < -0.39 is 0 Å². The first-order chi connectivity index (χ1) is 34.4. The van der Waals surface area contributed by atoms with E-state index in [2.05, 4.69) is 261 Å². The highest BCUT2D eigenvalue weighted by molar-refractivity contribution is 5.99. The highest BCUT2D eigenvalue weighted by atomic mass is 15.1. The lowest BCUT2D eigenvalue weighted by Gasteiger charge is -2.30. The maximum atomic E-state index is 2.48. The SMILES string of the molecule is Cc1cccc2c1-c1ccc(N(c3ccc(-c4ccccc4-c4ccc(N(c5ccccc5)c5ccc(C6CCCCC6)cc5)cc4)cc3)c3cc4ccccc4cc3-c3ccccc3)cc1C2(C)C. The van der Waals surface area contributed by atoms with Gasteiger partial charge in [-0.1, -0.05) is 191 Å². The van der Waals surface area contributed by atoms with Crippen LogP contribution in [0.1, 0.15) is 74.1 Å². The lowest BCUT2D eigenvalue weighted by molar-refractivity contribution is 0.443. The molecule has 2 aliphatic carbocycles. The van der Waals surface area contributed by atoms with Crippen LogP contribution in [0.25, 0.3) is 55.3 Å². The highest BCUT2D eigenvalue weighted by Crippen LogP contribution is 2.53. The van der Waals surface area contributed by atoms with Crippen LogP contribution in [-0.2, 0) is 5.41 Å². The average molecular weight is 903 g/mol. The zero-order chi connectivity index (χ0) is 47.2. The third kappa shape index (κ3) is 7.88. The minimum atomic E-state index is -0.143. The Morgan fingerprint density at radius 3 is 1.53 bits per heavy atom. The van der Waals surface area contributed by atoms with Crippen molar-refractivity contribution in [3.8, 4) is 44.5 Å². The largest absolute Gasteiger partial charge is 0.311 e. The van der Waals surface area contributed by atoms with E-state index in [1.165, 1.54) is 115 Å². The van der Waals surface area contributed by atoms with Gasteiger partial charge in [0.25, 0.3) is 0 Å². The topological polar surface area (TPSA) is 6.48 Å². The van der Waals surface area contributed by atoms with Gasteiger partial charge in [0.05, 0.1) is 5.69 Å². The predicted molar refractivity (Wildman–Crippen MR) is 298 cm³/mol. The number of aryl methyl sites for hydroxylation is 1. The van der Waals surface area contributed by atoms with Gasteiger partial charge in [-0.15, -0.1) is 0 Å². The van der Waals surface area contributed by atoms with Crippen molar-refractivity contribution >= 4 is 44.9 Å². The van der Waals surface area contributed by atoms with Crippen LogP contribution >= 0.6 is 0 Å². The standard InChI is InChI=1S/C68H58N2/c1-47-18-17-29-64-67(47)62-43-42-59(46-65(62)68(64,2)3)70(66-45-54-24-14-13-23-53(54)44-63(66)50-21-9-5-10-22-50)58-40-34-52(35-41-58)61-28-16-15-27-60(61)51-32-38-57(39-33-51)69(55-25-11-6-12-26-55)56-36-30-49(31-37-56)48-19-7-4-8-20-48/h5-6,9-18,21-46,48H,4,7-8,19-20H2,1-3H3. The molecular formula is C68H58N2. The van der Waals surface area contributed by atoms with E-state index >= 15 is 0 Å². The van der Waals surface area contributed by atoms with Gasteiger partial charge in [0.1, 0.15) is 0 Å². The smallest absolute Gasteiger partial charge is 0.0546 e. The Labute approximate surface area is 414 Å². The van der Waals surface area contributed by atoms with Crippen LogP contribution < -0.4 is 9.80 Å². The van der Waals surface area contributed by atoms with E-state index in [0.29, 0.717) is 5.92 Å². The van der Waals surface area contributed by atoms with E-state index in [9.17, 15) is 0 Å². The van der Waals surface area contributed by atoms with Crippen LogP contribution in [-0.4, -0.2) is 0 Å². The summed E-state index contributed by atoms with van der Waals surface area (Å²) in [5, 5.41) is 2.44. The lowest BCUT2D eigenvalue weighted by atomic mass is 9.82. The van der Waals surface area contributed by atoms with Crippen molar-refractivity contribution < 1.29 is 0 Å². The van der Waals surface area contributed by atoms with Crippen LogP contribution in [0.3, 0.4) is 0 Å². The fraction of sp³-hybridized carbons (Fsp3) is 0.147. The quantitative estimate of drug-likeness (QED) is 0.135. The molecule has 0 saturated heterocycles. The van der Waals surface area contributed by atoms with E-state index in [4.69, 9.17) is 0 Å². The van der Waals surface area contributed by atoms with Gasteiger partial charge in [-0.05, 0) is 170 Å². The van der Waals surface area contributed by atoms with Crippen LogP contribution in [0.15, 0.2) is 231 Å². The molecule has 0 aromatic heterocycles. The van der Waals surface area contributed by atoms with Crippen molar-refractivity contribution in [1.29, 1.82) is 0 Å². The maximum absolute atomic E-state index is 2.48. The summed E-state index contributed by atoms with van der Waals surface area (Å²) in [7, 11) is 0. The Hall–Kier alpha value is -7.94. The average Bonchev–Trinajstić information content (AvgIpc) is 3.66. The molecule has 0 radical (unpaired) electrons. The molecule has 10 aromatic rings. The van der Waals surface area contributed by atoms with Gasteiger partial charge in [0, 0.05) is 39.4 Å². The molecule has 0 atom stereocenters. The maximum Gasteiger partial charge on any atom is 0.0546 e. The van der Waals surface area contributed by atoms with Crippen LogP contribution in [0.5, 0.6) is 0 Å². The summed E-state index contributed by atoms with van der Waals surface area (Å²) in [6.45, 7) is 7.01. The van der Waals surface area contributed by atoms with Crippen LogP contribution in [0, 0.1) is 6.92 Å². The van der Waals surface area contributed by atoms with E-state index in [-0.39, 0.29) is 5.41 Å².